The standard InChI is InChI=1S/C22H22INO3/c23-19-9-5-15(6-10-19)16-7-11-20(12-8-16)27-22(26)18-2-1-13-24(14-18)21(25)17-3-4-17/h5-12,17-18H,1-4,13-14H2. The van der Waals surface area contributed by atoms with Crippen LogP contribution in [-0.2, 0) is 9.59 Å². The van der Waals surface area contributed by atoms with Gasteiger partial charge in [0.15, 0.2) is 0 Å². The average Bonchev–Trinajstić information content (AvgIpc) is 3.54. The topological polar surface area (TPSA) is 46.6 Å². The molecule has 1 aliphatic carbocycles. The van der Waals surface area contributed by atoms with Gasteiger partial charge in [0.25, 0.3) is 0 Å². The molecule has 1 atom stereocenters. The number of likely N-dealkylation sites (tertiary alicyclic amines) is 1. The molecule has 0 N–H and O–H groups in total. The molecule has 2 fully saturated rings. The number of rotatable bonds is 4. The van der Waals surface area contributed by atoms with Gasteiger partial charge in [0.2, 0.25) is 5.91 Å². The first kappa shape index (κ1) is 18.5. The van der Waals surface area contributed by atoms with Gasteiger partial charge in [-0.05, 0) is 83.7 Å². The summed E-state index contributed by atoms with van der Waals surface area (Å²) in [7, 11) is 0. The van der Waals surface area contributed by atoms with Crippen LogP contribution in [0.4, 0.5) is 0 Å². The molecule has 1 aliphatic heterocycles. The molecule has 1 saturated carbocycles. The molecule has 4 nitrogen and oxygen atoms in total. The van der Waals surface area contributed by atoms with Crippen molar-refractivity contribution in [3.05, 3.63) is 52.1 Å². The molecule has 140 valence electrons. The molecule has 5 heteroatoms. The van der Waals surface area contributed by atoms with E-state index in [1.165, 1.54) is 3.57 Å². The maximum absolute atomic E-state index is 12.6. The summed E-state index contributed by atoms with van der Waals surface area (Å²) in [6.45, 7) is 1.26. The van der Waals surface area contributed by atoms with Crippen LogP contribution in [0.5, 0.6) is 5.75 Å². The van der Waals surface area contributed by atoms with E-state index in [9.17, 15) is 9.59 Å². The van der Waals surface area contributed by atoms with Crippen molar-refractivity contribution in [3.63, 3.8) is 0 Å². The maximum atomic E-state index is 12.6. The van der Waals surface area contributed by atoms with E-state index in [1.54, 1.807) is 0 Å². The van der Waals surface area contributed by atoms with Crippen molar-refractivity contribution in [1.29, 1.82) is 0 Å². The number of hydrogen-bond acceptors (Lipinski definition) is 3. The molecule has 1 unspecified atom stereocenters. The molecule has 2 aromatic carbocycles. The smallest absolute Gasteiger partial charge is 0.316 e. The van der Waals surface area contributed by atoms with Crippen LogP contribution in [0.2, 0.25) is 0 Å². The normalized spacial score (nSPS) is 19.6. The summed E-state index contributed by atoms with van der Waals surface area (Å²) in [5, 5.41) is 0. The van der Waals surface area contributed by atoms with Crippen molar-refractivity contribution in [2.24, 2.45) is 11.8 Å². The molecule has 4 rings (SSSR count). The van der Waals surface area contributed by atoms with E-state index in [1.807, 2.05) is 29.2 Å². The highest BCUT2D eigenvalue weighted by atomic mass is 127. The van der Waals surface area contributed by atoms with E-state index in [0.717, 1.165) is 43.4 Å². The summed E-state index contributed by atoms with van der Waals surface area (Å²) in [5.41, 5.74) is 2.22. The van der Waals surface area contributed by atoms with Gasteiger partial charge in [-0.2, -0.15) is 0 Å². The average molecular weight is 475 g/mol. The molecule has 2 aliphatic rings. The van der Waals surface area contributed by atoms with Gasteiger partial charge in [0, 0.05) is 22.6 Å². The number of amides is 1. The molecular formula is C22H22INO3. The lowest BCUT2D eigenvalue weighted by Crippen LogP contribution is -2.44. The predicted octanol–water partition coefficient (Wildman–Crippen LogP) is 4.51. The predicted molar refractivity (Wildman–Crippen MR) is 112 cm³/mol. The molecule has 1 saturated heterocycles. The number of nitrogens with zero attached hydrogens (tertiary/aromatic N) is 1. The maximum Gasteiger partial charge on any atom is 0.316 e. The molecule has 1 heterocycles. The minimum Gasteiger partial charge on any atom is -0.426 e. The highest BCUT2D eigenvalue weighted by Gasteiger charge is 2.37. The largest absolute Gasteiger partial charge is 0.426 e. The van der Waals surface area contributed by atoms with Crippen molar-refractivity contribution in [2.45, 2.75) is 25.7 Å². The summed E-state index contributed by atoms with van der Waals surface area (Å²) in [6.07, 6.45) is 3.65. The van der Waals surface area contributed by atoms with Gasteiger partial charge in [-0.15, -0.1) is 0 Å². The molecule has 1 amide bonds. The van der Waals surface area contributed by atoms with Crippen LogP contribution in [-0.4, -0.2) is 29.9 Å². The Morgan fingerprint density at radius 3 is 2.15 bits per heavy atom. The van der Waals surface area contributed by atoms with Crippen LogP contribution in [0.1, 0.15) is 25.7 Å². The van der Waals surface area contributed by atoms with E-state index < -0.39 is 0 Å². The van der Waals surface area contributed by atoms with E-state index in [-0.39, 0.29) is 23.7 Å². The van der Waals surface area contributed by atoms with E-state index in [4.69, 9.17) is 4.74 Å². The third-order valence-electron chi connectivity index (χ3n) is 5.24. The molecule has 0 bridgehead atoms. The quantitative estimate of drug-likeness (QED) is 0.372. The highest BCUT2D eigenvalue weighted by Crippen LogP contribution is 2.33. The number of carbonyl (C=O) groups excluding carboxylic acids is 2. The van der Waals surface area contributed by atoms with Crippen LogP contribution in [0.25, 0.3) is 11.1 Å². The zero-order chi connectivity index (χ0) is 18.8. The first-order valence-corrected chi connectivity index (χ1v) is 10.5. The van der Waals surface area contributed by atoms with Crippen LogP contribution in [0.3, 0.4) is 0 Å². The fraction of sp³-hybridized carbons (Fsp3) is 0.364. The van der Waals surface area contributed by atoms with Crippen molar-refractivity contribution < 1.29 is 14.3 Å². The van der Waals surface area contributed by atoms with Crippen LogP contribution in [0, 0.1) is 15.4 Å². The van der Waals surface area contributed by atoms with Gasteiger partial charge in [0.05, 0.1) is 5.92 Å². The Morgan fingerprint density at radius 1 is 0.889 bits per heavy atom. The number of carbonyl (C=O) groups is 2. The molecule has 0 aromatic heterocycles. The minimum absolute atomic E-state index is 0.202. The van der Waals surface area contributed by atoms with Gasteiger partial charge in [0.1, 0.15) is 5.75 Å². The van der Waals surface area contributed by atoms with Crippen molar-refractivity contribution in [2.75, 3.05) is 13.1 Å². The third-order valence-corrected chi connectivity index (χ3v) is 5.96. The number of esters is 1. The third kappa shape index (κ3) is 4.51. The van der Waals surface area contributed by atoms with Gasteiger partial charge < -0.3 is 9.64 Å². The Kier molecular flexibility index (Phi) is 5.48. The number of benzene rings is 2. The number of halogens is 1. The number of piperidine rings is 1. The minimum atomic E-state index is -0.231. The second kappa shape index (κ2) is 8.00. The van der Waals surface area contributed by atoms with Gasteiger partial charge in [-0.3, -0.25) is 9.59 Å². The van der Waals surface area contributed by atoms with Gasteiger partial charge in [-0.1, -0.05) is 24.3 Å². The lowest BCUT2D eigenvalue weighted by atomic mass is 9.98. The zero-order valence-corrected chi connectivity index (χ0v) is 17.2. The van der Waals surface area contributed by atoms with Crippen molar-refractivity contribution >= 4 is 34.5 Å². The van der Waals surface area contributed by atoms with Crippen LogP contribution >= 0.6 is 22.6 Å². The fourth-order valence-electron chi connectivity index (χ4n) is 3.52. The Hall–Kier alpha value is -1.89. The Morgan fingerprint density at radius 2 is 1.52 bits per heavy atom. The lowest BCUT2D eigenvalue weighted by molar-refractivity contribution is -0.143. The monoisotopic (exact) mass is 475 g/mol. The molecule has 0 spiro atoms. The fourth-order valence-corrected chi connectivity index (χ4v) is 3.88. The van der Waals surface area contributed by atoms with E-state index >= 15 is 0 Å². The highest BCUT2D eigenvalue weighted by molar-refractivity contribution is 14.1. The van der Waals surface area contributed by atoms with Crippen LogP contribution < -0.4 is 4.74 Å². The molecular weight excluding hydrogens is 453 g/mol. The first-order valence-electron chi connectivity index (χ1n) is 9.46. The second-order valence-corrected chi connectivity index (χ2v) is 8.60. The molecule has 2 aromatic rings. The number of ether oxygens (including phenoxy) is 1. The van der Waals surface area contributed by atoms with Crippen molar-refractivity contribution in [1.82, 2.24) is 4.90 Å². The summed E-state index contributed by atoms with van der Waals surface area (Å²) in [4.78, 5) is 26.7. The summed E-state index contributed by atoms with van der Waals surface area (Å²) in [5.74, 6) is 0.519. The van der Waals surface area contributed by atoms with Crippen molar-refractivity contribution in [3.8, 4) is 16.9 Å². The second-order valence-electron chi connectivity index (χ2n) is 7.35. The van der Waals surface area contributed by atoms with Crippen LogP contribution in [0.15, 0.2) is 48.5 Å². The van der Waals surface area contributed by atoms with E-state index in [0.29, 0.717) is 12.3 Å². The van der Waals surface area contributed by atoms with Gasteiger partial charge >= 0.3 is 5.97 Å². The Labute approximate surface area is 173 Å². The zero-order valence-electron chi connectivity index (χ0n) is 15.1. The van der Waals surface area contributed by atoms with Gasteiger partial charge in [-0.25, -0.2) is 0 Å². The van der Waals surface area contributed by atoms with E-state index in [2.05, 4.69) is 46.9 Å². The Bertz CT molecular complexity index is 828. The summed E-state index contributed by atoms with van der Waals surface area (Å²) < 4.78 is 6.79. The number of hydrogen-bond donors (Lipinski definition) is 0. The first-order chi connectivity index (χ1) is 13.1. The summed E-state index contributed by atoms with van der Waals surface area (Å²) in [6, 6.07) is 15.9. The Balaban J connectivity index is 1.37. The molecule has 27 heavy (non-hydrogen) atoms. The summed E-state index contributed by atoms with van der Waals surface area (Å²) >= 11 is 2.29. The SMILES string of the molecule is O=C(Oc1ccc(-c2ccc(I)cc2)cc1)C1CCCN(C(=O)C2CC2)C1. The molecule has 0 radical (unpaired) electrons. The lowest BCUT2D eigenvalue weighted by Gasteiger charge is -2.31.